The van der Waals surface area contributed by atoms with Gasteiger partial charge in [-0.25, -0.2) is 4.79 Å². The first-order valence-electron chi connectivity index (χ1n) is 3.96. The van der Waals surface area contributed by atoms with Crippen molar-refractivity contribution in [1.82, 2.24) is 0 Å². The molecule has 0 aromatic heterocycles. The molecule has 1 aromatic carbocycles. The Morgan fingerprint density at radius 3 is 2.80 bits per heavy atom. The molecule has 0 fully saturated rings. The van der Waals surface area contributed by atoms with E-state index in [2.05, 4.69) is 4.18 Å². The van der Waals surface area contributed by atoms with E-state index in [-0.39, 0.29) is 17.1 Å². The van der Waals surface area contributed by atoms with Crippen LogP contribution >= 0.6 is 12.0 Å². The molecule has 7 heteroatoms. The topological polar surface area (TPSA) is 95.5 Å². The lowest BCUT2D eigenvalue weighted by molar-refractivity contribution is -0.387. The summed E-state index contributed by atoms with van der Waals surface area (Å²) in [5, 5.41) is 10.6. The molecule has 1 rings (SSSR count). The standard InChI is InChI=1S/C8H8N2O4S/c9-5-8(11)14-15-7-4-2-1-3-6(7)10(12)13/h1-4H,5,9H2. The van der Waals surface area contributed by atoms with Crippen molar-refractivity contribution in [2.75, 3.05) is 6.54 Å². The Balaban J connectivity index is 2.76. The van der Waals surface area contributed by atoms with Crippen LogP contribution in [0.2, 0.25) is 0 Å². The molecule has 0 aliphatic rings. The molecular formula is C8H8N2O4S. The van der Waals surface area contributed by atoms with Crippen molar-refractivity contribution in [3.63, 3.8) is 0 Å². The number of rotatable bonds is 4. The van der Waals surface area contributed by atoms with Crippen LogP contribution in [0.4, 0.5) is 5.69 Å². The molecule has 2 N–H and O–H groups in total. The second kappa shape index (κ2) is 5.32. The van der Waals surface area contributed by atoms with E-state index in [4.69, 9.17) is 5.73 Å². The van der Waals surface area contributed by atoms with E-state index >= 15 is 0 Å². The summed E-state index contributed by atoms with van der Waals surface area (Å²) < 4.78 is 4.62. The number of nitrogens with two attached hydrogens (primary N) is 1. The molecule has 80 valence electrons. The maximum atomic E-state index is 10.7. The van der Waals surface area contributed by atoms with Gasteiger partial charge < -0.3 is 9.92 Å². The van der Waals surface area contributed by atoms with Crippen LogP contribution in [0.25, 0.3) is 0 Å². The third-order valence-electron chi connectivity index (χ3n) is 1.45. The van der Waals surface area contributed by atoms with Crippen molar-refractivity contribution in [1.29, 1.82) is 0 Å². The number of hydrogen-bond acceptors (Lipinski definition) is 6. The zero-order valence-corrected chi connectivity index (χ0v) is 8.40. The van der Waals surface area contributed by atoms with Crippen LogP contribution in [0, 0.1) is 10.1 Å². The molecule has 0 saturated carbocycles. The summed E-state index contributed by atoms with van der Waals surface area (Å²) in [6.45, 7) is -0.256. The van der Waals surface area contributed by atoms with E-state index in [9.17, 15) is 14.9 Å². The number of hydrogen-bond donors (Lipinski definition) is 1. The summed E-state index contributed by atoms with van der Waals surface area (Å²) in [4.78, 5) is 21.0. The number of nitro benzene ring substituents is 1. The van der Waals surface area contributed by atoms with Crippen LogP contribution in [0.15, 0.2) is 29.2 Å². The van der Waals surface area contributed by atoms with Crippen LogP contribution in [-0.2, 0) is 8.98 Å². The number of carbonyl (C=O) groups is 1. The highest BCUT2D eigenvalue weighted by atomic mass is 32.2. The normalized spacial score (nSPS) is 9.67. The highest BCUT2D eigenvalue weighted by Crippen LogP contribution is 2.29. The molecule has 0 unspecified atom stereocenters. The Kier molecular flexibility index (Phi) is 4.07. The maximum Gasteiger partial charge on any atom is 0.332 e. The fourth-order valence-corrected chi connectivity index (χ4v) is 1.42. The molecule has 0 atom stereocenters. The van der Waals surface area contributed by atoms with Crippen molar-refractivity contribution in [3.8, 4) is 0 Å². The quantitative estimate of drug-likeness (QED) is 0.471. The molecule has 0 aliphatic carbocycles. The van der Waals surface area contributed by atoms with Crippen LogP contribution in [0.3, 0.4) is 0 Å². The van der Waals surface area contributed by atoms with Crippen LogP contribution in [-0.4, -0.2) is 17.4 Å². The lowest BCUT2D eigenvalue weighted by Gasteiger charge is -2.01. The summed E-state index contributed by atoms with van der Waals surface area (Å²) in [6.07, 6.45) is 0. The third-order valence-corrected chi connectivity index (χ3v) is 2.25. The van der Waals surface area contributed by atoms with Gasteiger partial charge in [-0.2, -0.15) is 0 Å². The molecule has 0 amide bonds. The fourth-order valence-electron chi connectivity index (χ4n) is 0.804. The molecule has 0 saturated heterocycles. The SMILES string of the molecule is NCC(=O)OSc1ccccc1[N+](=O)[O-]. The van der Waals surface area contributed by atoms with Gasteiger partial charge in [-0.15, -0.1) is 0 Å². The van der Waals surface area contributed by atoms with Crippen molar-refractivity contribution in [2.45, 2.75) is 4.90 Å². The molecule has 6 nitrogen and oxygen atoms in total. The second-order valence-corrected chi connectivity index (χ2v) is 3.24. The third kappa shape index (κ3) is 3.22. The van der Waals surface area contributed by atoms with E-state index in [1.165, 1.54) is 18.2 Å². The first-order valence-corrected chi connectivity index (χ1v) is 4.70. The summed E-state index contributed by atoms with van der Waals surface area (Å²) in [7, 11) is 0. The minimum atomic E-state index is -0.627. The minimum absolute atomic E-state index is 0.104. The lowest BCUT2D eigenvalue weighted by atomic mass is 10.3. The van der Waals surface area contributed by atoms with Gasteiger partial charge in [0.05, 0.1) is 11.5 Å². The van der Waals surface area contributed by atoms with Crippen molar-refractivity contribution in [2.24, 2.45) is 5.73 Å². The molecule has 0 spiro atoms. The van der Waals surface area contributed by atoms with E-state index in [0.29, 0.717) is 12.0 Å². The molecule has 15 heavy (non-hydrogen) atoms. The van der Waals surface area contributed by atoms with Crippen LogP contribution in [0.5, 0.6) is 0 Å². The van der Waals surface area contributed by atoms with Gasteiger partial charge in [-0.1, -0.05) is 12.1 Å². The molecule has 1 aromatic rings. The predicted octanol–water partition coefficient (Wildman–Crippen LogP) is 1.10. The first kappa shape index (κ1) is 11.5. The van der Waals surface area contributed by atoms with Gasteiger partial charge in [-0.05, 0) is 6.07 Å². The van der Waals surface area contributed by atoms with E-state index in [0.717, 1.165) is 0 Å². The smallest absolute Gasteiger partial charge is 0.332 e. The van der Waals surface area contributed by atoms with Gasteiger partial charge in [0.2, 0.25) is 0 Å². The average Bonchev–Trinajstić information content (AvgIpc) is 2.26. The van der Waals surface area contributed by atoms with Gasteiger partial charge >= 0.3 is 5.97 Å². The Morgan fingerprint density at radius 1 is 1.53 bits per heavy atom. The van der Waals surface area contributed by atoms with Gasteiger partial charge in [0, 0.05) is 6.07 Å². The van der Waals surface area contributed by atoms with Gasteiger partial charge in [0.1, 0.15) is 16.9 Å². The molecular weight excluding hydrogens is 220 g/mol. The Labute approximate surface area is 89.8 Å². The molecule has 0 bridgehead atoms. The number of carbonyl (C=O) groups excluding carboxylic acids is 1. The number of benzene rings is 1. The monoisotopic (exact) mass is 228 g/mol. The summed E-state index contributed by atoms with van der Waals surface area (Å²) in [5.74, 6) is -0.627. The first-order chi connectivity index (χ1) is 7.15. The Morgan fingerprint density at radius 2 is 2.20 bits per heavy atom. The van der Waals surface area contributed by atoms with Crippen molar-refractivity contribution < 1.29 is 13.9 Å². The van der Waals surface area contributed by atoms with E-state index in [1.807, 2.05) is 0 Å². The molecule has 0 radical (unpaired) electrons. The number of nitrogens with zero attached hydrogens (tertiary/aromatic N) is 1. The van der Waals surface area contributed by atoms with Crippen LogP contribution in [0.1, 0.15) is 0 Å². The number of para-hydroxylation sites is 1. The predicted molar refractivity (Wildman–Crippen MR) is 54.1 cm³/mol. The average molecular weight is 228 g/mol. The zero-order valence-electron chi connectivity index (χ0n) is 7.58. The Hall–Kier alpha value is -1.60. The second-order valence-electron chi connectivity index (χ2n) is 2.47. The Bertz CT molecular complexity index is 383. The highest BCUT2D eigenvalue weighted by Gasteiger charge is 2.14. The van der Waals surface area contributed by atoms with Crippen molar-refractivity contribution in [3.05, 3.63) is 34.4 Å². The highest BCUT2D eigenvalue weighted by molar-refractivity contribution is 7.95. The number of nitro groups is 1. The largest absolute Gasteiger partial charge is 0.385 e. The van der Waals surface area contributed by atoms with Crippen LogP contribution < -0.4 is 5.73 Å². The molecule has 0 aliphatic heterocycles. The summed E-state index contributed by atoms with van der Waals surface area (Å²) in [5.41, 5.74) is 4.91. The van der Waals surface area contributed by atoms with E-state index in [1.54, 1.807) is 6.07 Å². The van der Waals surface area contributed by atoms with E-state index < -0.39 is 10.9 Å². The van der Waals surface area contributed by atoms with Gasteiger partial charge in [-0.3, -0.25) is 10.1 Å². The lowest BCUT2D eigenvalue weighted by Crippen LogP contribution is -2.13. The van der Waals surface area contributed by atoms with Crippen molar-refractivity contribution >= 4 is 23.7 Å². The molecule has 0 heterocycles. The maximum absolute atomic E-state index is 10.7. The minimum Gasteiger partial charge on any atom is -0.385 e. The van der Waals surface area contributed by atoms with Gasteiger partial charge in [0.25, 0.3) is 5.69 Å². The zero-order chi connectivity index (χ0) is 11.3. The summed E-state index contributed by atoms with van der Waals surface area (Å²) >= 11 is 0.637. The van der Waals surface area contributed by atoms with Gasteiger partial charge in [0.15, 0.2) is 0 Å². The summed E-state index contributed by atoms with van der Waals surface area (Å²) in [6, 6.07) is 5.98. The fraction of sp³-hybridized carbons (Fsp3) is 0.125.